The van der Waals surface area contributed by atoms with Gasteiger partial charge in [0.25, 0.3) is 0 Å². The lowest BCUT2D eigenvalue weighted by atomic mass is 10.0. The van der Waals surface area contributed by atoms with Gasteiger partial charge in [0, 0.05) is 12.6 Å². The Morgan fingerprint density at radius 3 is 2.67 bits per heavy atom. The molecule has 0 saturated heterocycles. The maximum atomic E-state index is 13.0. The summed E-state index contributed by atoms with van der Waals surface area (Å²) in [6, 6.07) is 2.45. The maximum absolute atomic E-state index is 13.0. The quantitative estimate of drug-likeness (QED) is 0.795. The number of hydrogen-bond acceptors (Lipinski definition) is 2. The molecule has 2 rings (SSSR count). The van der Waals surface area contributed by atoms with E-state index in [1.54, 1.807) is 0 Å². The van der Waals surface area contributed by atoms with Crippen LogP contribution in [0.5, 0.6) is 0 Å². The van der Waals surface area contributed by atoms with Crippen molar-refractivity contribution in [1.29, 1.82) is 0 Å². The summed E-state index contributed by atoms with van der Waals surface area (Å²) in [5, 5.41) is 14.1. The maximum Gasteiger partial charge on any atom is 0.315 e. The first-order chi connectivity index (χ1) is 9.97. The van der Waals surface area contributed by atoms with Gasteiger partial charge < -0.3 is 15.7 Å². The number of aliphatic carboxylic acids is 1. The highest BCUT2D eigenvalue weighted by Gasteiger charge is 2.33. The molecule has 2 atom stereocenters. The van der Waals surface area contributed by atoms with Crippen molar-refractivity contribution in [3.8, 4) is 0 Å². The molecule has 1 aliphatic rings. The van der Waals surface area contributed by atoms with E-state index in [2.05, 4.69) is 10.6 Å². The molecule has 0 aliphatic heterocycles. The van der Waals surface area contributed by atoms with Crippen LogP contribution in [0, 0.1) is 17.6 Å². The Kier molecular flexibility index (Phi) is 4.72. The monoisotopic (exact) mass is 298 g/mol. The molecule has 3 N–H and O–H groups in total. The number of benzene rings is 1. The van der Waals surface area contributed by atoms with E-state index in [4.69, 9.17) is 5.11 Å². The van der Waals surface area contributed by atoms with Crippen molar-refractivity contribution in [2.75, 3.05) is 0 Å². The molecule has 2 unspecified atom stereocenters. The lowest BCUT2D eigenvalue weighted by Crippen LogP contribution is -2.45. The largest absolute Gasteiger partial charge is 0.481 e. The number of nitrogens with one attached hydrogen (secondary N) is 2. The van der Waals surface area contributed by atoms with Crippen LogP contribution in [0.2, 0.25) is 0 Å². The van der Waals surface area contributed by atoms with E-state index in [1.165, 1.54) is 6.07 Å². The van der Waals surface area contributed by atoms with Crippen LogP contribution < -0.4 is 10.6 Å². The molecular formula is C14H16F2N2O3. The number of halogens is 2. The van der Waals surface area contributed by atoms with Gasteiger partial charge in [0.05, 0.1) is 5.92 Å². The molecule has 5 nitrogen and oxygen atoms in total. The number of carbonyl (C=O) groups is 2. The Labute approximate surface area is 120 Å². The van der Waals surface area contributed by atoms with Crippen LogP contribution in [-0.2, 0) is 11.3 Å². The van der Waals surface area contributed by atoms with Crippen molar-refractivity contribution in [2.24, 2.45) is 5.92 Å². The molecule has 0 aromatic heterocycles. The Hall–Kier alpha value is -2.18. The number of amides is 2. The summed E-state index contributed by atoms with van der Waals surface area (Å²) in [7, 11) is 0. The van der Waals surface area contributed by atoms with Crippen LogP contribution >= 0.6 is 0 Å². The fourth-order valence-electron chi connectivity index (χ4n) is 2.48. The molecule has 0 heterocycles. The molecule has 7 heteroatoms. The van der Waals surface area contributed by atoms with Gasteiger partial charge >= 0.3 is 12.0 Å². The number of carboxylic acid groups (broad SMARTS) is 1. The highest BCUT2D eigenvalue weighted by molar-refractivity contribution is 5.77. The van der Waals surface area contributed by atoms with Crippen molar-refractivity contribution in [3.05, 3.63) is 35.4 Å². The molecule has 0 spiro atoms. The van der Waals surface area contributed by atoms with Crippen LogP contribution in [0.15, 0.2) is 18.2 Å². The van der Waals surface area contributed by atoms with E-state index in [9.17, 15) is 18.4 Å². The molecule has 2 amide bonds. The second-order valence-corrected chi connectivity index (χ2v) is 5.06. The van der Waals surface area contributed by atoms with Crippen molar-refractivity contribution in [3.63, 3.8) is 0 Å². The average Bonchev–Trinajstić information content (AvgIpc) is 2.88. The summed E-state index contributed by atoms with van der Waals surface area (Å²) in [5.41, 5.74) is 0.422. The highest BCUT2D eigenvalue weighted by Crippen LogP contribution is 2.25. The van der Waals surface area contributed by atoms with E-state index in [-0.39, 0.29) is 6.54 Å². The lowest BCUT2D eigenvalue weighted by Gasteiger charge is -2.18. The Bertz CT molecular complexity index is 551. The van der Waals surface area contributed by atoms with Gasteiger partial charge in [-0.1, -0.05) is 12.5 Å². The molecule has 114 valence electrons. The predicted octanol–water partition coefficient (Wildman–Crippen LogP) is 2.02. The third-order valence-corrected chi connectivity index (χ3v) is 3.59. The summed E-state index contributed by atoms with van der Waals surface area (Å²) < 4.78 is 25.8. The highest BCUT2D eigenvalue weighted by atomic mass is 19.2. The summed E-state index contributed by atoms with van der Waals surface area (Å²) >= 11 is 0. The van der Waals surface area contributed by atoms with Crippen LogP contribution in [-0.4, -0.2) is 23.1 Å². The first-order valence-corrected chi connectivity index (χ1v) is 6.68. The molecule has 0 bridgehead atoms. The molecule has 1 aromatic rings. The van der Waals surface area contributed by atoms with Gasteiger partial charge in [-0.05, 0) is 30.5 Å². The van der Waals surface area contributed by atoms with Gasteiger partial charge in [0.1, 0.15) is 0 Å². The summed E-state index contributed by atoms with van der Waals surface area (Å²) in [4.78, 5) is 22.7. The zero-order chi connectivity index (χ0) is 15.4. The third-order valence-electron chi connectivity index (χ3n) is 3.59. The normalized spacial score (nSPS) is 21.0. The SMILES string of the molecule is O=C(NCc1ccc(F)c(F)c1)NC1CCCC1C(=O)O. The number of carboxylic acids is 1. The number of hydrogen-bond donors (Lipinski definition) is 3. The second kappa shape index (κ2) is 6.51. The minimum atomic E-state index is -0.976. The van der Waals surface area contributed by atoms with Gasteiger partial charge in [-0.3, -0.25) is 4.79 Å². The van der Waals surface area contributed by atoms with Gasteiger partial charge in [-0.2, -0.15) is 0 Å². The lowest BCUT2D eigenvalue weighted by molar-refractivity contribution is -0.142. The van der Waals surface area contributed by atoms with Crippen molar-refractivity contribution in [1.82, 2.24) is 10.6 Å². The van der Waals surface area contributed by atoms with E-state index < -0.39 is 35.6 Å². The number of carbonyl (C=O) groups excluding carboxylic acids is 1. The van der Waals surface area contributed by atoms with Gasteiger partial charge in [0.15, 0.2) is 11.6 Å². The van der Waals surface area contributed by atoms with Gasteiger partial charge in [-0.25, -0.2) is 13.6 Å². The summed E-state index contributed by atoms with van der Waals surface area (Å²) in [6.45, 7) is 0.0352. The van der Waals surface area contributed by atoms with E-state index in [0.717, 1.165) is 18.6 Å². The molecule has 1 fully saturated rings. The second-order valence-electron chi connectivity index (χ2n) is 5.06. The molecule has 1 saturated carbocycles. The minimum absolute atomic E-state index is 0.0352. The standard InChI is InChI=1S/C14H16F2N2O3/c15-10-5-4-8(6-11(10)16)7-17-14(21)18-12-3-1-2-9(12)13(19)20/h4-6,9,12H,1-3,7H2,(H,19,20)(H2,17,18,21). The Morgan fingerprint density at radius 1 is 1.24 bits per heavy atom. The Balaban J connectivity index is 1.84. The van der Waals surface area contributed by atoms with Crippen LogP contribution in [0.3, 0.4) is 0 Å². The minimum Gasteiger partial charge on any atom is -0.481 e. The average molecular weight is 298 g/mol. The molecule has 21 heavy (non-hydrogen) atoms. The van der Waals surface area contributed by atoms with Gasteiger partial charge in [-0.15, -0.1) is 0 Å². The predicted molar refractivity (Wildman–Crippen MR) is 70.5 cm³/mol. The fraction of sp³-hybridized carbons (Fsp3) is 0.429. The number of urea groups is 1. The smallest absolute Gasteiger partial charge is 0.315 e. The molecule has 0 radical (unpaired) electrons. The van der Waals surface area contributed by atoms with Crippen LogP contribution in [0.25, 0.3) is 0 Å². The van der Waals surface area contributed by atoms with Crippen molar-refractivity contribution in [2.45, 2.75) is 31.8 Å². The van der Waals surface area contributed by atoms with Crippen molar-refractivity contribution < 1.29 is 23.5 Å². The number of rotatable bonds is 4. The zero-order valence-electron chi connectivity index (χ0n) is 11.2. The fourth-order valence-corrected chi connectivity index (χ4v) is 2.48. The zero-order valence-corrected chi connectivity index (χ0v) is 11.2. The molecular weight excluding hydrogens is 282 g/mol. The Morgan fingerprint density at radius 2 is 2.00 bits per heavy atom. The topological polar surface area (TPSA) is 78.4 Å². The first-order valence-electron chi connectivity index (χ1n) is 6.68. The van der Waals surface area contributed by atoms with Crippen LogP contribution in [0.1, 0.15) is 24.8 Å². The van der Waals surface area contributed by atoms with E-state index in [0.29, 0.717) is 18.4 Å². The third kappa shape index (κ3) is 3.90. The van der Waals surface area contributed by atoms with E-state index in [1.807, 2.05) is 0 Å². The molecule has 1 aliphatic carbocycles. The summed E-state index contributed by atoms with van der Waals surface area (Å²) in [6.07, 6.45) is 1.92. The van der Waals surface area contributed by atoms with Crippen LogP contribution in [0.4, 0.5) is 13.6 Å². The van der Waals surface area contributed by atoms with Gasteiger partial charge in [0.2, 0.25) is 0 Å². The molecule has 1 aromatic carbocycles. The first kappa shape index (κ1) is 15.2. The van der Waals surface area contributed by atoms with Crippen molar-refractivity contribution >= 4 is 12.0 Å². The summed E-state index contributed by atoms with van der Waals surface area (Å²) in [5.74, 6) is -3.41. The van der Waals surface area contributed by atoms with E-state index >= 15 is 0 Å².